The van der Waals surface area contributed by atoms with Crippen LogP contribution in [0.25, 0.3) is 0 Å². The van der Waals surface area contributed by atoms with Gasteiger partial charge in [0, 0.05) is 12.7 Å². The van der Waals surface area contributed by atoms with Gasteiger partial charge in [0.05, 0.1) is 28.2 Å². The molecule has 1 aromatic heterocycles. The van der Waals surface area contributed by atoms with Crippen LogP contribution in [0.15, 0.2) is 36.7 Å². The van der Waals surface area contributed by atoms with Crippen molar-refractivity contribution in [2.75, 3.05) is 17.2 Å². The Balaban J connectivity index is 2.25. The van der Waals surface area contributed by atoms with E-state index < -0.39 is 0 Å². The highest BCUT2D eigenvalue weighted by atomic mass is 35.5. The summed E-state index contributed by atoms with van der Waals surface area (Å²) in [5.74, 6) is -0.202. The van der Waals surface area contributed by atoms with Crippen LogP contribution in [0.4, 0.5) is 11.4 Å². The molecule has 5 heteroatoms. The van der Waals surface area contributed by atoms with E-state index >= 15 is 0 Å². The predicted octanol–water partition coefficient (Wildman–Crippen LogP) is 4.12. The minimum absolute atomic E-state index is 0.202. The fraction of sp³-hybridized carbons (Fsp3) is 0.250. The lowest BCUT2D eigenvalue weighted by atomic mass is 10.1. The molecular weight excluding hydrogens is 286 g/mol. The van der Waals surface area contributed by atoms with E-state index in [1.807, 2.05) is 19.1 Å². The lowest BCUT2D eigenvalue weighted by Gasteiger charge is -2.13. The summed E-state index contributed by atoms with van der Waals surface area (Å²) >= 11 is 6.14. The number of halogens is 1. The molecule has 0 spiro atoms. The number of hydrogen-bond acceptors (Lipinski definition) is 3. The Hall–Kier alpha value is -2.07. The summed E-state index contributed by atoms with van der Waals surface area (Å²) in [7, 11) is 0. The van der Waals surface area contributed by atoms with Gasteiger partial charge in [0.2, 0.25) is 0 Å². The molecule has 0 radical (unpaired) electrons. The van der Waals surface area contributed by atoms with Crippen LogP contribution in [0.2, 0.25) is 5.02 Å². The van der Waals surface area contributed by atoms with Crippen LogP contribution in [0.3, 0.4) is 0 Å². The quantitative estimate of drug-likeness (QED) is 0.873. The van der Waals surface area contributed by atoms with Crippen molar-refractivity contribution >= 4 is 28.9 Å². The lowest BCUT2D eigenvalue weighted by molar-refractivity contribution is 0.102. The number of anilines is 2. The minimum atomic E-state index is -0.202. The van der Waals surface area contributed by atoms with Crippen molar-refractivity contribution in [3.05, 3.63) is 52.8 Å². The van der Waals surface area contributed by atoms with Crippen LogP contribution in [0.1, 0.15) is 29.3 Å². The molecule has 0 aliphatic rings. The maximum Gasteiger partial charge on any atom is 0.257 e. The van der Waals surface area contributed by atoms with Gasteiger partial charge in [0.25, 0.3) is 5.91 Å². The molecule has 0 atom stereocenters. The Kier molecular flexibility index (Phi) is 5.17. The molecule has 110 valence electrons. The lowest BCUT2D eigenvalue weighted by Crippen LogP contribution is -2.16. The molecule has 2 N–H and O–H groups in total. The second kappa shape index (κ2) is 7.09. The summed E-state index contributed by atoms with van der Waals surface area (Å²) in [5, 5.41) is 6.60. The maximum absolute atomic E-state index is 12.5. The van der Waals surface area contributed by atoms with E-state index in [2.05, 4.69) is 22.5 Å². The number of benzene rings is 1. The number of nitrogens with zero attached hydrogens (tertiary/aromatic N) is 1. The van der Waals surface area contributed by atoms with Gasteiger partial charge in [0.15, 0.2) is 0 Å². The molecule has 21 heavy (non-hydrogen) atoms. The van der Waals surface area contributed by atoms with E-state index in [0.717, 1.165) is 24.2 Å². The molecule has 0 unspecified atom stereocenters. The van der Waals surface area contributed by atoms with E-state index in [-0.39, 0.29) is 5.91 Å². The highest BCUT2D eigenvalue weighted by molar-refractivity contribution is 6.34. The fourth-order valence-corrected chi connectivity index (χ4v) is 2.23. The van der Waals surface area contributed by atoms with E-state index in [9.17, 15) is 4.79 Å². The van der Waals surface area contributed by atoms with Gasteiger partial charge < -0.3 is 10.6 Å². The molecule has 0 saturated heterocycles. The molecule has 0 fully saturated rings. The van der Waals surface area contributed by atoms with Crippen LogP contribution in [0.5, 0.6) is 0 Å². The van der Waals surface area contributed by atoms with Crippen LogP contribution in [-0.4, -0.2) is 17.4 Å². The predicted molar refractivity (Wildman–Crippen MR) is 87.2 cm³/mol. The number of nitrogens with one attached hydrogen (secondary N) is 2. The van der Waals surface area contributed by atoms with Gasteiger partial charge in [-0.1, -0.05) is 30.7 Å². The highest BCUT2D eigenvalue weighted by Gasteiger charge is 2.14. The number of carbonyl (C=O) groups excluding carboxylic acids is 1. The molecule has 0 aliphatic carbocycles. The minimum Gasteiger partial charge on any atom is -0.383 e. The molecule has 1 amide bonds. The van der Waals surface area contributed by atoms with Crippen molar-refractivity contribution in [1.82, 2.24) is 4.98 Å². The molecular formula is C16H18ClN3O. The zero-order valence-electron chi connectivity index (χ0n) is 12.1. The molecule has 1 aromatic carbocycles. The number of hydrogen-bond donors (Lipinski definition) is 2. The van der Waals surface area contributed by atoms with E-state index in [0.29, 0.717) is 16.3 Å². The number of carbonyl (C=O) groups is 1. The van der Waals surface area contributed by atoms with Crippen molar-refractivity contribution < 1.29 is 4.79 Å². The molecule has 0 saturated carbocycles. The normalized spacial score (nSPS) is 10.2. The standard InChI is InChI=1S/C16H18ClN3O/c1-3-8-19-14-10-18-9-7-12(14)16(21)20-15-11(2)5-4-6-13(15)17/h4-7,9-10,19H,3,8H2,1-2H3,(H,20,21). The molecule has 2 rings (SSSR count). The first-order valence-electron chi connectivity index (χ1n) is 6.87. The summed E-state index contributed by atoms with van der Waals surface area (Å²) < 4.78 is 0. The molecule has 0 aliphatic heterocycles. The van der Waals surface area contributed by atoms with Crippen molar-refractivity contribution in [1.29, 1.82) is 0 Å². The first-order chi connectivity index (χ1) is 10.1. The van der Waals surface area contributed by atoms with Crippen molar-refractivity contribution in [3.8, 4) is 0 Å². The Morgan fingerprint density at radius 3 is 2.86 bits per heavy atom. The maximum atomic E-state index is 12.5. The largest absolute Gasteiger partial charge is 0.383 e. The third-order valence-electron chi connectivity index (χ3n) is 3.09. The van der Waals surface area contributed by atoms with Gasteiger partial charge in [-0.05, 0) is 31.0 Å². The van der Waals surface area contributed by atoms with Gasteiger partial charge in [-0.2, -0.15) is 0 Å². The number of para-hydroxylation sites is 1. The molecule has 2 aromatic rings. The molecule has 4 nitrogen and oxygen atoms in total. The van der Waals surface area contributed by atoms with Gasteiger partial charge in [-0.15, -0.1) is 0 Å². The van der Waals surface area contributed by atoms with E-state index in [4.69, 9.17) is 11.6 Å². The van der Waals surface area contributed by atoms with Crippen molar-refractivity contribution in [2.45, 2.75) is 20.3 Å². The SMILES string of the molecule is CCCNc1cnccc1C(=O)Nc1c(C)cccc1Cl. The Morgan fingerprint density at radius 2 is 2.14 bits per heavy atom. The van der Waals surface area contributed by atoms with Crippen LogP contribution < -0.4 is 10.6 Å². The number of pyridine rings is 1. The smallest absolute Gasteiger partial charge is 0.257 e. The average Bonchev–Trinajstić information content (AvgIpc) is 2.49. The van der Waals surface area contributed by atoms with Crippen LogP contribution >= 0.6 is 11.6 Å². The molecule has 0 bridgehead atoms. The zero-order valence-corrected chi connectivity index (χ0v) is 12.9. The summed E-state index contributed by atoms with van der Waals surface area (Å²) in [6, 6.07) is 7.21. The third kappa shape index (κ3) is 3.73. The number of aryl methyl sites for hydroxylation is 1. The summed E-state index contributed by atoms with van der Waals surface area (Å²) in [5.41, 5.74) is 2.84. The average molecular weight is 304 g/mol. The van der Waals surface area contributed by atoms with Gasteiger partial charge in [-0.3, -0.25) is 9.78 Å². The van der Waals surface area contributed by atoms with Crippen molar-refractivity contribution in [2.24, 2.45) is 0 Å². The van der Waals surface area contributed by atoms with Gasteiger partial charge in [-0.25, -0.2) is 0 Å². The Morgan fingerprint density at radius 1 is 1.33 bits per heavy atom. The summed E-state index contributed by atoms with van der Waals surface area (Å²) in [4.78, 5) is 16.5. The van der Waals surface area contributed by atoms with Crippen LogP contribution in [0, 0.1) is 6.92 Å². The van der Waals surface area contributed by atoms with E-state index in [1.165, 1.54) is 0 Å². The fourth-order valence-electron chi connectivity index (χ4n) is 1.96. The zero-order chi connectivity index (χ0) is 15.2. The molecule has 1 heterocycles. The Labute approximate surface area is 129 Å². The summed E-state index contributed by atoms with van der Waals surface area (Å²) in [6.07, 6.45) is 4.23. The number of rotatable bonds is 5. The topological polar surface area (TPSA) is 54.0 Å². The third-order valence-corrected chi connectivity index (χ3v) is 3.41. The Bertz CT molecular complexity index is 623. The second-order valence-electron chi connectivity index (χ2n) is 4.73. The summed E-state index contributed by atoms with van der Waals surface area (Å²) in [6.45, 7) is 4.76. The monoisotopic (exact) mass is 303 g/mol. The highest BCUT2D eigenvalue weighted by Crippen LogP contribution is 2.26. The number of amides is 1. The number of aromatic nitrogens is 1. The van der Waals surface area contributed by atoms with E-state index in [1.54, 1.807) is 24.5 Å². The van der Waals surface area contributed by atoms with Gasteiger partial charge >= 0.3 is 0 Å². The first-order valence-corrected chi connectivity index (χ1v) is 7.25. The van der Waals surface area contributed by atoms with Gasteiger partial charge in [0.1, 0.15) is 0 Å². The van der Waals surface area contributed by atoms with Crippen LogP contribution in [-0.2, 0) is 0 Å². The first kappa shape index (κ1) is 15.3. The second-order valence-corrected chi connectivity index (χ2v) is 5.14. The van der Waals surface area contributed by atoms with Crippen molar-refractivity contribution in [3.63, 3.8) is 0 Å².